The summed E-state index contributed by atoms with van der Waals surface area (Å²) in [6, 6.07) is 9.23. The van der Waals surface area contributed by atoms with Crippen molar-refractivity contribution in [3.63, 3.8) is 0 Å². The molecule has 7 nitrogen and oxygen atoms in total. The Morgan fingerprint density at radius 1 is 1.38 bits per heavy atom. The zero-order valence-electron chi connectivity index (χ0n) is 12.7. The van der Waals surface area contributed by atoms with E-state index in [9.17, 15) is 14.9 Å². The molecule has 2 aromatic heterocycles. The van der Waals surface area contributed by atoms with Crippen molar-refractivity contribution < 1.29 is 14.1 Å². The first kappa shape index (κ1) is 15.9. The van der Waals surface area contributed by atoms with E-state index in [1.165, 1.54) is 35.6 Å². The van der Waals surface area contributed by atoms with Gasteiger partial charge in [0.25, 0.3) is 11.6 Å². The number of nitro groups is 1. The molecule has 3 rings (SSSR count). The van der Waals surface area contributed by atoms with Gasteiger partial charge in [0.15, 0.2) is 10.8 Å². The molecule has 0 unspecified atom stereocenters. The van der Waals surface area contributed by atoms with E-state index < -0.39 is 4.92 Å². The number of rotatable bonds is 5. The van der Waals surface area contributed by atoms with E-state index in [0.29, 0.717) is 12.3 Å². The number of hydrogen-bond donors (Lipinski definition) is 1. The number of thiazole rings is 1. The molecule has 24 heavy (non-hydrogen) atoms. The lowest BCUT2D eigenvalue weighted by atomic mass is 10.2. The number of benzene rings is 1. The van der Waals surface area contributed by atoms with Gasteiger partial charge in [-0.05, 0) is 25.1 Å². The first-order chi connectivity index (χ1) is 11.5. The van der Waals surface area contributed by atoms with Crippen molar-refractivity contribution >= 4 is 22.9 Å². The topological polar surface area (TPSA) is 98.3 Å². The highest BCUT2D eigenvalue weighted by Crippen LogP contribution is 2.28. The van der Waals surface area contributed by atoms with Crippen LogP contribution in [-0.2, 0) is 6.54 Å². The molecule has 1 aromatic carbocycles. The second-order valence-corrected chi connectivity index (χ2v) is 6.08. The second kappa shape index (κ2) is 6.63. The van der Waals surface area contributed by atoms with Crippen LogP contribution in [0.15, 0.2) is 47.1 Å². The minimum absolute atomic E-state index is 0.114. The van der Waals surface area contributed by atoms with Gasteiger partial charge in [0.05, 0.1) is 23.4 Å². The lowest BCUT2D eigenvalue weighted by Gasteiger charge is -2.04. The van der Waals surface area contributed by atoms with Crippen molar-refractivity contribution in [2.75, 3.05) is 0 Å². The minimum atomic E-state index is -0.528. The predicted octanol–water partition coefficient (Wildman–Crippen LogP) is 3.55. The molecule has 8 heteroatoms. The van der Waals surface area contributed by atoms with Gasteiger partial charge in [0.2, 0.25) is 0 Å². The molecule has 0 saturated carbocycles. The van der Waals surface area contributed by atoms with E-state index in [-0.39, 0.29) is 17.2 Å². The minimum Gasteiger partial charge on any atom is -0.462 e. The lowest BCUT2D eigenvalue weighted by Crippen LogP contribution is -2.22. The standard InChI is InChI=1S/C16H13N3O4S/c1-10-14(24-16(18-10)13-6-3-7-23-13)9-17-15(20)11-4-2-5-12(8-11)19(21)22/h2-8H,9H2,1H3,(H,17,20). The largest absolute Gasteiger partial charge is 0.462 e. The number of amides is 1. The number of nitrogens with zero attached hydrogens (tertiary/aromatic N) is 2. The molecule has 0 aliphatic rings. The molecule has 0 aliphatic heterocycles. The predicted molar refractivity (Wildman–Crippen MR) is 88.8 cm³/mol. The lowest BCUT2D eigenvalue weighted by molar-refractivity contribution is -0.384. The maximum atomic E-state index is 12.2. The number of non-ortho nitro benzene ring substituents is 1. The van der Waals surface area contributed by atoms with E-state index in [2.05, 4.69) is 10.3 Å². The van der Waals surface area contributed by atoms with Crippen molar-refractivity contribution in [2.24, 2.45) is 0 Å². The molecular weight excluding hydrogens is 330 g/mol. The summed E-state index contributed by atoms with van der Waals surface area (Å²) in [6.45, 7) is 2.16. The summed E-state index contributed by atoms with van der Waals surface area (Å²) in [5.41, 5.74) is 0.945. The quantitative estimate of drug-likeness (QED) is 0.564. The normalized spacial score (nSPS) is 10.5. The summed E-state index contributed by atoms with van der Waals surface area (Å²) < 4.78 is 5.32. The van der Waals surface area contributed by atoms with Gasteiger partial charge in [0, 0.05) is 22.6 Å². The molecule has 0 fully saturated rings. The van der Waals surface area contributed by atoms with Crippen LogP contribution in [0.5, 0.6) is 0 Å². The number of aryl methyl sites for hydroxylation is 1. The molecule has 1 amide bonds. The molecule has 0 radical (unpaired) electrons. The van der Waals surface area contributed by atoms with E-state index >= 15 is 0 Å². The number of carbonyl (C=O) groups excluding carboxylic acids is 1. The molecular formula is C16H13N3O4S. The third-order valence-electron chi connectivity index (χ3n) is 3.35. The highest BCUT2D eigenvalue weighted by molar-refractivity contribution is 7.15. The number of carbonyl (C=O) groups is 1. The van der Waals surface area contributed by atoms with Crippen LogP contribution in [-0.4, -0.2) is 15.8 Å². The van der Waals surface area contributed by atoms with Crippen LogP contribution in [0.3, 0.4) is 0 Å². The zero-order chi connectivity index (χ0) is 17.1. The maximum absolute atomic E-state index is 12.2. The Hall–Kier alpha value is -3.00. The molecule has 0 aliphatic carbocycles. The third-order valence-corrected chi connectivity index (χ3v) is 4.53. The van der Waals surface area contributed by atoms with Gasteiger partial charge >= 0.3 is 0 Å². The van der Waals surface area contributed by atoms with Crippen LogP contribution < -0.4 is 5.32 Å². The zero-order valence-corrected chi connectivity index (χ0v) is 13.5. The first-order valence-corrected chi connectivity index (χ1v) is 7.89. The number of nitrogens with one attached hydrogen (secondary N) is 1. The SMILES string of the molecule is Cc1nc(-c2ccco2)sc1CNC(=O)c1cccc([N+](=O)[O-])c1. The maximum Gasteiger partial charge on any atom is 0.270 e. The average molecular weight is 343 g/mol. The van der Waals surface area contributed by atoms with Crippen molar-refractivity contribution in [3.8, 4) is 10.8 Å². The highest BCUT2D eigenvalue weighted by atomic mass is 32.1. The summed E-state index contributed by atoms with van der Waals surface area (Å²) in [5, 5.41) is 14.3. The molecule has 2 heterocycles. The molecule has 122 valence electrons. The van der Waals surface area contributed by atoms with Gasteiger partial charge in [-0.25, -0.2) is 4.98 Å². The monoisotopic (exact) mass is 343 g/mol. The van der Waals surface area contributed by atoms with Gasteiger partial charge in [-0.3, -0.25) is 14.9 Å². The Labute approximate surface area is 141 Å². The van der Waals surface area contributed by atoms with Crippen LogP contribution in [0.2, 0.25) is 0 Å². The van der Waals surface area contributed by atoms with Crippen molar-refractivity contribution in [1.82, 2.24) is 10.3 Å². The summed E-state index contributed by atoms with van der Waals surface area (Å²) in [4.78, 5) is 27.7. The van der Waals surface area contributed by atoms with Crippen LogP contribution in [0, 0.1) is 17.0 Å². The summed E-state index contributed by atoms with van der Waals surface area (Å²) in [5.74, 6) is 0.311. The molecule has 3 aromatic rings. The molecule has 1 N–H and O–H groups in total. The Bertz CT molecular complexity index is 887. The van der Waals surface area contributed by atoms with E-state index in [1.54, 1.807) is 12.3 Å². The van der Waals surface area contributed by atoms with Crippen molar-refractivity contribution in [3.05, 3.63) is 68.9 Å². The smallest absolute Gasteiger partial charge is 0.270 e. The third kappa shape index (κ3) is 3.33. The van der Waals surface area contributed by atoms with Gasteiger partial charge in [-0.2, -0.15) is 0 Å². The number of hydrogen-bond acceptors (Lipinski definition) is 6. The Morgan fingerprint density at radius 3 is 2.92 bits per heavy atom. The summed E-state index contributed by atoms with van der Waals surface area (Å²) >= 11 is 1.43. The fraction of sp³-hybridized carbons (Fsp3) is 0.125. The Balaban J connectivity index is 1.71. The summed E-state index contributed by atoms with van der Waals surface area (Å²) in [7, 11) is 0. The van der Waals surface area contributed by atoms with E-state index in [1.807, 2.05) is 13.0 Å². The fourth-order valence-corrected chi connectivity index (χ4v) is 3.09. The summed E-state index contributed by atoms with van der Waals surface area (Å²) in [6.07, 6.45) is 1.58. The van der Waals surface area contributed by atoms with Gasteiger partial charge in [0.1, 0.15) is 0 Å². The Kier molecular flexibility index (Phi) is 4.39. The second-order valence-electron chi connectivity index (χ2n) is 5.00. The first-order valence-electron chi connectivity index (χ1n) is 7.07. The van der Waals surface area contributed by atoms with Crippen molar-refractivity contribution in [2.45, 2.75) is 13.5 Å². The highest BCUT2D eigenvalue weighted by Gasteiger charge is 2.14. The molecule has 0 atom stereocenters. The van der Waals surface area contributed by atoms with Crippen LogP contribution in [0.1, 0.15) is 20.9 Å². The van der Waals surface area contributed by atoms with Crippen LogP contribution in [0.4, 0.5) is 5.69 Å². The number of furan rings is 1. The van der Waals surface area contributed by atoms with E-state index in [4.69, 9.17) is 4.42 Å². The van der Waals surface area contributed by atoms with Crippen LogP contribution >= 0.6 is 11.3 Å². The number of nitro benzene ring substituents is 1. The van der Waals surface area contributed by atoms with Crippen molar-refractivity contribution in [1.29, 1.82) is 0 Å². The van der Waals surface area contributed by atoms with Gasteiger partial charge in [-0.15, -0.1) is 11.3 Å². The fourth-order valence-electron chi connectivity index (χ4n) is 2.12. The Morgan fingerprint density at radius 2 is 2.21 bits per heavy atom. The van der Waals surface area contributed by atoms with Gasteiger partial charge in [-0.1, -0.05) is 6.07 Å². The average Bonchev–Trinajstić information content (AvgIpc) is 3.22. The van der Waals surface area contributed by atoms with Crippen LogP contribution in [0.25, 0.3) is 10.8 Å². The molecule has 0 saturated heterocycles. The van der Waals surface area contributed by atoms with E-state index in [0.717, 1.165) is 15.6 Å². The number of aromatic nitrogens is 1. The molecule has 0 bridgehead atoms. The molecule has 0 spiro atoms. The van der Waals surface area contributed by atoms with Gasteiger partial charge < -0.3 is 9.73 Å².